The third-order valence-corrected chi connectivity index (χ3v) is 4.65. The fraction of sp³-hybridized carbons (Fsp3) is 0.533. The average molecular weight is 331 g/mol. The zero-order valence-electron chi connectivity index (χ0n) is 12.0. The van der Waals surface area contributed by atoms with Gasteiger partial charge in [0.1, 0.15) is 5.60 Å². The van der Waals surface area contributed by atoms with Crippen molar-refractivity contribution in [2.45, 2.75) is 24.9 Å². The van der Waals surface area contributed by atoms with Gasteiger partial charge in [0, 0.05) is 23.7 Å². The maximum absolute atomic E-state index is 12.4. The maximum atomic E-state index is 12.4. The monoisotopic (exact) mass is 330 g/mol. The zero-order chi connectivity index (χ0) is 15.3. The minimum atomic E-state index is -0.713. The second kappa shape index (κ2) is 7.45. The van der Waals surface area contributed by atoms with E-state index in [9.17, 15) is 4.79 Å². The van der Waals surface area contributed by atoms with Crippen LogP contribution in [0.25, 0.3) is 0 Å². The highest BCUT2D eigenvalue weighted by Crippen LogP contribution is 2.25. The Morgan fingerprint density at radius 3 is 2.52 bits per heavy atom. The Bertz CT molecular complexity index is 482. The first kappa shape index (κ1) is 16.6. The van der Waals surface area contributed by atoms with Crippen molar-refractivity contribution < 1.29 is 9.53 Å². The molecule has 116 valence electrons. The molecule has 0 atom stereocenters. The maximum Gasteiger partial charge on any atom is 0.252 e. The zero-order valence-corrected chi connectivity index (χ0v) is 13.6. The molecule has 0 bridgehead atoms. The van der Waals surface area contributed by atoms with Crippen molar-refractivity contribution in [3.05, 3.63) is 33.8 Å². The number of methoxy groups -OCH3 is 1. The molecule has 0 aromatic heterocycles. The second-order valence-electron chi connectivity index (χ2n) is 5.15. The molecular weight excluding hydrogens is 311 g/mol. The van der Waals surface area contributed by atoms with Gasteiger partial charge >= 0.3 is 0 Å². The van der Waals surface area contributed by atoms with Gasteiger partial charge in [0.15, 0.2) is 0 Å². The van der Waals surface area contributed by atoms with E-state index in [1.807, 2.05) is 6.07 Å². The molecular formula is C15H20Cl2N2O2. The van der Waals surface area contributed by atoms with Crippen molar-refractivity contribution in [1.82, 2.24) is 10.6 Å². The van der Waals surface area contributed by atoms with E-state index in [1.165, 1.54) is 0 Å². The third kappa shape index (κ3) is 3.89. The summed E-state index contributed by atoms with van der Waals surface area (Å²) in [5.41, 5.74) is 0.146. The first-order valence-corrected chi connectivity index (χ1v) is 7.82. The van der Waals surface area contributed by atoms with E-state index in [0.29, 0.717) is 35.9 Å². The lowest BCUT2D eigenvalue weighted by Gasteiger charge is -2.34. The Balaban J connectivity index is 1.92. The van der Waals surface area contributed by atoms with Crippen LogP contribution in [0.3, 0.4) is 0 Å². The quantitative estimate of drug-likeness (QED) is 0.871. The molecule has 1 saturated heterocycles. The summed E-state index contributed by atoms with van der Waals surface area (Å²) in [7, 11) is 1.59. The third-order valence-electron chi connectivity index (χ3n) is 3.94. The Morgan fingerprint density at radius 1 is 1.33 bits per heavy atom. The van der Waals surface area contributed by atoms with Gasteiger partial charge in [-0.2, -0.15) is 0 Å². The fourth-order valence-electron chi connectivity index (χ4n) is 2.59. The summed E-state index contributed by atoms with van der Waals surface area (Å²) in [4.78, 5) is 12.4. The summed E-state index contributed by atoms with van der Waals surface area (Å²) >= 11 is 12.2. The van der Waals surface area contributed by atoms with Crippen molar-refractivity contribution in [1.29, 1.82) is 0 Å². The van der Waals surface area contributed by atoms with E-state index in [2.05, 4.69) is 10.6 Å². The molecule has 0 spiro atoms. The number of ether oxygens (including phenoxy) is 1. The van der Waals surface area contributed by atoms with Crippen LogP contribution in [0.2, 0.25) is 10.0 Å². The van der Waals surface area contributed by atoms with Crippen LogP contribution < -0.4 is 10.6 Å². The van der Waals surface area contributed by atoms with Gasteiger partial charge in [-0.05, 0) is 50.0 Å². The summed E-state index contributed by atoms with van der Waals surface area (Å²) in [5.74, 6) is -0.0605. The van der Waals surface area contributed by atoms with Crippen LogP contribution in [0.5, 0.6) is 0 Å². The van der Waals surface area contributed by atoms with E-state index >= 15 is 0 Å². The molecule has 2 N–H and O–H groups in total. The molecule has 1 amide bonds. The highest BCUT2D eigenvalue weighted by atomic mass is 35.5. The first-order chi connectivity index (χ1) is 10.1. The first-order valence-electron chi connectivity index (χ1n) is 7.06. The Kier molecular flexibility index (Phi) is 5.88. The molecule has 0 saturated carbocycles. The van der Waals surface area contributed by atoms with Gasteiger partial charge in [-0.3, -0.25) is 4.79 Å². The van der Waals surface area contributed by atoms with E-state index in [1.54, 1.807) is 19.2 Å². The number of hydrogen-bond acceptors (Lipinski definition) is 3. The molecule has 1 aromatic carbocycles. The van der Waals surface area contributed by atoms with Gasteiger partial charge in [-0.1, -0.05) is 29.3 Å². The van der Waals surface area contributed by atoms with Crippen molar-refractivity contribution >= 4 is 29.1 Å². The van der Waals surface area contributed by atoms with E-state index in [4.69, 9.17) is 27.9 Å². The molecule has 4 nitrogen and oxygen atoms in total. The summed E-state index contributed by atoms with van der Waals surface area (Å²) in [5, 5.41) is 7.42. The lowest BCUT2D eigenvalue weighted by atomic mass is 9.91. The van der Waals surface area contributed by atoms with Crippen LogP contribution in [0, 0.1) is 0 Å². The summed E-state index contributed by atoms with van der Waals surface area (Å²) in [6.07, 6.45) is 1.96. The van der Waals surface area contributed by atoms with Crippen LogP contribution in [0.4, 0.5) is 0 Å². The summed E-state index contributed by atoms with van der Waals surface area (Å²) < 4.78 is 5.49. The lowest BCUT2D eigenvalue weighted by Crippen LogP contribution is -2.54. The van der Waals surface area contributed by atoms with Crippen molar-refractivity contribution in [2.75, 3.05) is 26.7 Å². The molecule has 0 radical (unpaired) electrons. The molecule has 1 aromatic rings. The van der Waals surface area contributed by atoms with Crippen molar-refractivity contribution in [2.24, 2.45) is 0 Å². The van der Waals surface area contributed by atoms with Crippen LogP contribution in [0.15, 0.2) is 18.2 Å². The number of carbonyl (C=O) groups is 1. The van der Waals surface area contributed by atoms with E-state index in [0.717, 1.165) is 18.7 Å². The minimum Gasteiger partial charge on any atom is -0.368 e. The number of hydrogen-bond donors (Lipinski definition) is 2. The SMILES string of the molecule is COC1(C(=O)NCCc2c(Cl)cccc2Cl)CCNCC1. The number of amides is 1. The largest absolute Gasteiger partial charge is 0.368 e. The van der Waals surface area contributed by atoms with Crippen molar-refractivity contribution in [3.8, 4) is 0 Å². The lowest BCUT2D eigenvalue weighted by molar-refractivity contribution is -0.146. The van der Waals surface area contributed by atoms with Gasteiger partial charge in [0.2, 0.25) is 0 Å². The Morgan fingerprint density at radius 2 is 1.95 bits per heavy atom. The molecule has 1 heterocycles. The number of rotatable bonds is 5. The van der Waals surface area contributed by atoms with Gasteiger partial charge in [-0.15, -0.1) is 0 Å². The topological polar surface area (TPSA) is 50.4 Å². The highest BCUT2D eigenvalue weighted by molar-refractivity contribution is 6.35. The van der Waals surface area contributed by atoms with Crippen LogP contribution in [-0.2, 0) is 16.0 Å². The van der Waals surface area contributed by atoms with Gasteiger partial charge in [0.05, 0.1) is 0 Å². The summed E-state index contributed by atoms with van der Waals surface area (Å²) in [6.45, 7) is 2.07. The van der Waals surface area contributed by atoms with Crippen molar-refractivity contribution in [3.63, 3.8) is 0 Å². The molecule has 21 heavy (non-hydrogen) atoms. The molecule has 6 heteroatoms. The fourth-order valence-corrected chi connectivity index (χ4v) is 3.17. The number of nitrogens with one attached hydrogen (secondary N) is 2. The smallest absolute Gasteiger partial charge is 0.252 e. The van der Waals surface area contributed by atoms with E-state index < -0.39 is 5.60 Å². The predicted octanol–water partition coefficient (Wildman–Crippen LogP) is 2.42. The normalized spacial score (nSPS) is 17.5. The minimum absolute atomic E-state index is 0.0605. The number of halogens is 2. The Hall–Kier alpha value is -0.810. The van der Waals surface area contributed by atoms with Crippen LogP contribution in [-0.4, -0.2) is 38.3 Å². The predicted molar refractivity (Wildman–Crippen MR) is 85.0 cm³/mol. The molecule has 0 unspecified atom stereocenters. The summed E-state index contributed by atoms with van der Waals surface area (Å²) in [6, 6.07) is 5.41. The standard InChI is InChI=1S/C15H20Cl2N2O2/c1-21-15(6-9-18-10-7-15)14(20)19-8-5-11-12(16)3-2-4-13(11)17/h2-4,18H,5-10H2,1H3,(H,19,20). The number of benzene rings is 1. The highest BCUT2D eigenvalue weighted by Gasteiger charge is 2.39. The Labute approximate surface area is 135 Å². The van der Waals surface area contributed by atoms with Gasteiger partial charge in [0.25, 0.3) is 5.91 Å². The molecule has 0 aliphatic carbocycles. The average Bonchev–Trinajstić information content (AvgIpc) is 2.50. The van der Waals surface area contributed by atoms with Gasteiger partial charge < -0.3 is 15.4 Å². The van der Waals surface area contributed by atoms with Crippen LogP contribution in [0.1, 0.15) is 18.4 Å². The molecule has 1 aliphatic rings. The molecule has 2 rings (SSSR count). The van der Waals surface area contributed by atoms with E-state index in [-0.39, 0.29) is 5.91 Å². The van der Waals surface area contributed by atoms with Crippen LogP contribution >= 0.6 is 23.2 Å². The van der Waals surface area contributed by atoms with Gasteiger partial charge in [-0.25, -0.2) is 0 Å². The number of carbonyl (C=O) groups excluding carboxylic acids is 1. The molecule has 1 aliphatic heterocycles. The number of piperidine rings is 1. The second-order valence-corrected chi connectivity index (χ2v) is 5.97. The molecule has 1 fully saturated rings.